The van der Waals surface area contributed by atoms with E-state index in [1.54, 1.807) is 6.07 Å². The molecule has 1 unspecified atom stereocenters. The van der Waals surface area contributed by atoms with E-state index >= 15 is 0 Å². The average Bonchev–Trinajstić information content (AvgIpc) is 3.21. The van der Waals surface area contributed by atoms with Crippen molar-refractivity contribution in [1.29, 1.82) is 0 Å². The van der Waals surface area contributed by atoms with Crippen LogP contribution in [0.4, 0.5) is 13.2 Å². The van der Waals surface area contributed by atoms with E-state index in [9.17, 15) is 13.2 Å². The molecule has 0 aromatic heterocycles. The summed E-state index contributed by atoms with van der Waals surface area (Å²) in [6.07, 6.45) is -2.19. The van der Waals surface area contributed by atoms with E-state index in [2.05, 4.69) is 15.2 Å². The third-order valence-electron chi connectivity index (χ3n) is 4.92. The molecule has 0 radical (unpaired) electrons. The zero-order valence-electron chi connectivity index (χ0n) is 14.4. The molecule has 2 aliphatic rings. The van der Waals surface area contributed by atoms with Crippen molar-refractivity contribution >= 4 is 5.96 Å². The zero-order valence-corrected chi connectivity index (χ0v) is 14.4. The molecule has 0 bridgehead atoms. The van der Waals surface area contributed by atoms with Crippen molar-refractivity contribution in [2.45, 2.75) is 32.5 Å². The zero-order chi connectivity index (χ0) is 17.9. The molecule has 1 atom stereocenters. The minimum Gasteiger partial charge on any atom is -0.381 e. The number of hydrogen-bond donors (Lipinski definition) is 1. The summed E-state index contributed by atoms with van der Waals surface area (Å²) in [7, 11) is 0. The molecule has 1 aromatic carbocycles. The molecular formula is C18H24F3N3O. The van der Waals surface area contributed by atoms with Crippen LogP contribution in [0, 0.1) is 5.41 Å². The SMILES string of the molecule is CCNC(=NCc1cccc(C(F)(F)F)c1)N1CCC2(CCOC2)C1. The summed E-state index contributed by atoms with van der Waals surface area (Å²) in [5, 5.41) is 3.26. The van der Waals surface area contributed by atoms with Crippen molar-refractivity contribution in [3.8, 4) is 0 Å². The molecule has 2 aliphatic heterocycles. The van der Waals surface area contributed by atoms with Crippen LogP contribution in [-0.4, -0.2) is 43.7 Å². The van der Waals surface area contributed by atoms with E-state index in [0.29, 0.717) is 5.56 Å². The highest BCUT2D eigenvalue weighted by Crippen LogP contribution is 2.38. The minimum atomic E-state index is -4.33. The van der Waals surface area contributed by atoms with Gasteiger partial charge < -0.3 is 15.0 Å². The highest BCUT2D eigenvalue weighted by atomic mass is 19.4. The van der Waals surface area contributed by atoms with Gasteiger partial charge in [-0.1, -0.05) is 12.1 Å². The van der Waals surface area contributed by atoms with Crippen LogP contribution in [0.25, 0.3) is 0 Å². The van der Waals surface area contributed by atoms with Crippen LogP contribution in [0.15, 0.2) is 29.3 Å². The Bertz CT molecular complexity index is 624. The number of alkyl halides is 3. The van der Waals surface area contributed by atoms with Crippen molar-refractivity contribution < 1.29 is 17.9 Å². The molecule has 25 heavy (non-hydrogen) atoms. The molecule has 138 valence electrons. The van der Waals surface area contributed by atoms with Gasteiger partial charge in [-0.15, -0.1) is 0 Å². The number of aliphatic imine (C=N–C) groups is 1. The Hall–Kier alpha value is -1.76. The number of halogens is 3. The Morgan fingerprint density at radius 3 is 2.88 bits per heavy atom. The van der Waals surface area contributed by atoms with Crippen molar-refractivity contribution in [2.75, 3.05) is 32.8 Å². The minimum absolute atomic E-state index is 0.215. The second-order valence-corrected chi connectivity index (χ2v) is 6.84. The van der Waals surface area contributed by atoms with Crippen LogP contribution in [0.3, 0.4) is 0 Å². The van der Waals surface area contributed by atoms with Crippen LogP contribution in [0.5, 0.6) is 0 Å². The van der Waals surface area contributed by atoms with Crippen LogP contribution in [0.2, 0.25) is 0 Å². The molecule has 2 fully saturated rings. The molecule has 1 aromatic rings. The summed E-state index contributed by atoms with van der Waals surface area (Å²) in [5.74, 6) is 0.767. The molecule has 3 rings (SSSR count). The number of nitrogens with zero attached hydrogens (tertiary/aromatic N) is 2. The maximum Gasteiger partial charge on any atom is 0.416 e. The molecule has 0 amide bonds. The van der Waals surface area contributed by atoms with E-state index in [-0.39, 0.29) is 12.0 Å². The number of guanidine groups is 1. The van der Waals surface area contributed by atoms with Gasteiger partial charge in [0.1, 0.15) is 0 Å². The first kappa shape index (κ1) is 18.0. The molecule has 1 N–H and O–H groups in total. The van der Waals surface area contributed by atoms with E-state index in [0.717, 1.165) is 57.7 Å². The third kappa shape index (κ3) is 4.26. The van der Waals surface area contributed by atoms with Crippen LogP contribution < -0.4 is 5.32 Å². The Labute approximate surface area is 146 Å². The number of rotatable bonds is 3. The van der Waals surface area contributed by atoms with Gasteiger partial charge in [0, 0.05) is 31.7 Å². The third-order valence-corrected chi connectivity index (χ3v) is 4.92. The summed E-state index contributed by atoms with van der Waals surface area (Å²) >= 11 is 0. The highest BCUT2D eigenvalue weighted by molar-refractivity contribution is 5.80. The quantitative estimate of drug-likeness (QED) is 0.668. The summed E-state index contributed by atoms with van der Waals surface area (Å²) in [5.41, 5.74) is 0.142. The predicted molar refractivity (Wildman–Crippen MR) is 90.3 cm³/mol. The average molecular weight is 355 g/mol. The van der Waals surface area contributed by atoms with Gasteiger partial charge in [-0.3, -0.25) is 0 Å². The maximum atomic E-state index is 12.8. The van der Waals surface area contributed by atoms with Crippen LogP contribution >= 0.6 is 0 Å². The van der Waals surface area contributed by atoms with E-state index in [1.165, 1.54) is 12.1 Å². The molecule has 2 saturated heterocycles. The lowest BCUT2D eigenvalue weighted by Crippen LogP contribution is -2.41. The summed E-state index contributed by atoms with van der Waals surface area (Å²) in [6, 6.07) is 5.37. The molecule has 0 aliphatic carbocycles. The van der Waals surface area contributed by atoms with Gasteiger partial charge in [0.05, 0.1) is 18.7 Å². The van der Waals surface area contributed by atoms with Crippen LogP contribution in [0.1, 0.15) is 30.9 Å². The van der Waals surface area contributed by atoms with Crippen molar-refractivity contribution in [3.05, 3.63) is 35.4 Å². The lowest BCUT2D eigenvalue weighted by Gasteiger charge is -2.25. The Balaban J connectivity index is 1.71. The first-order valence-electron chi connectivity index (χ1n) is 8.69. The van der Waals surface area contributed by atoms with Crippen molar-refractivity contribution in [2.24, 2.45) is 10.4 Å². The molecule has 4 nitrogen and oxygen atoms in total. The summed E-state index contributed by atoms with van der Waals surface area (Å²) in [4.78, 5) is 6.77. The lowest BCUT2D eigenvalue weighted by molar-refractivity contribution is -0.137. The Kier molecular flexibility index (Phi) is 5.22. The van der Waals surface area contributed by atoms with Gasteiger partial charge in [0.15, 0.2) is 5.96 Å². The Morgan fingerprint density at radius 2 is 2.20 bits per heavy atom. The predicted octanol–water partition coefficient (Wildman–Crippen LogP) is 3.28. The second-order valence-electron chi connectivity index (χ2n) is 6.84. The first-order chi connectivity index (χ1) is 11.9. The number of likely N-dealkylation sites (tertiary alicyclic amines) is 1. The number of benzene rings is 1. The van der Waals surface area contributed by atoms with Gasteiger partial charge in [-0.2, -0.15) is 13.2 Å². The fourth-order valence-electron chi connectivity index (χ4n) is 3.53. The second kappa shape index (κ2) is 7.23. The molecule has 1 spiro atoms. The van der Waals surface area contributed by atoms with E-state index in [1.807, 2.05) is 6.92 Å². The van der Waals surface area contributed by atoms with Crippen LogP contribution in [-0.2, 0) is 17.5 Å². The molecule has 7 heteroatoms. The van der Waals surface area contributed by atoms with Crippen molar-refractivity contribution in [3.63, 3.8) is 0 Å². The van der Waals surface area contributed by atoms with Gasteiger partial charge in [-0.25, -0.2) is 4.99 Å². The smallest absolute Gasteiger partial charge is 0.381 e. The number of hydrogen-bond acceptors (Lipinski definition) is 2. The summed E-state index contributed by atoms with van der Waals surface area (Å²) in [6.45, 7) is 6.33. The fraction of sp³-hybridized carbons (Fsp3) is 0.611. The normalized spacial score (nSPS) is 24.3. The fourth-order valence-corrected chi connectivity index (χ4v) is 3.53. The van der Waals surface area contributed by atoms with Gasteiger partial charge in [0.25, 0.3) is 0 Å². The summed E-state index contributed by atoms with van der Waals surface area (Å²) < 4.78 is 44.1. The standard InChI is InChI=1S/C18H24F3N3O/c1-2-22-16(24-8-6-17(12-24)7-9-25-13-17)23-11-14-4-3-5-15(10-14)18(19,20)21/h3-5,10H,2,6-9,11-13H2,1H3,(H,22,23). The van der Waals surface area contributed by atoms with Gasteiger partial charge in [0.2, 0.25) is 0 Å². The van der Waals surface area contributed by atoms with Crippen molar-refractivity contribution in [1.82, 2.24) is 10.2 Å². The first-order valence-corrected chi connectivity index (χ1v) is 8.69. The topological polar surface area (TPSA) is 36.9 Å². The maximum absolute atomic E-state index is 12.8. The molecular weight excluding hydrogens is 331 g/mol. The molecule has 0 saturated carbocycles. The lowest BCUT2D eigenvalue weighted by atomic mass is 9.87. The van der Waals surface area contributed by atoms with Gasteiger partial charge in [-0.05, 0) is 37.5 Å². The number of ether oxygens (including phenoxy) is 1. The largest absolute Gasteiger partial charge is 0.416 e. The van der Waals surface area contributed by atoms with Gasteiger partial charge >= 0.3 is 6.18 Å². The number of nitrogens with one attached hydrogen (secondary N) is 1. The van der Waals surface area contributed by atoms with E-state index in [4.69, 9.17) is 4.74 Å². The Morgan fingerprint density at radius 1 is 1.36 bits per heavy atom. The van der Waals surface area contributed by atoms with E-state index < -0.39 is 11.7 Å². The molecule has 2 heterocycles. The monoisotopic (exact) mass is 355 g/mol. The highest BCUT2D eigenvalue weighted by Gasteiger charge is 2.42.